The summed E-state index contributed by atoms with van der Waals surface area (Å²) >= 11 is 0. The zero-order chi connectivity index (χ0) is 13.2. The molecule has 0 saturated carbocycles. The fourth-order valence-corrected chi connectivity index (χ4v) is 3.92. The van der Waals surface area contributed by atoms with E-state index in [2.05, 4.69) is 55.7 Å². The minimum atomic E-state index is 0.162. The van der Waals surface area contributed by atoms with E-state index in [-0.39, 0.29) is 5.41 Å². The predicted octanol–water partition coefficient (Wildman–Crippen LogP) is 4.18. The lowest BCUT2D eigenvalue weighted by molar-refractivity contribution is -0.444. The van der Waals surface area contributed by atoms with Gasteiger partial charge in [-0.3, -0.25) is 0 Å². The Morgan fingerprint density at radius 1 is 1.16 bits per heavy atom. The van der Waals surface area contributed by atoms with E-state index in [1.165, 1.54) is 41.6 Å². The molecule has 2 aliphatic heterocycles. The van der Waals surface area contributed by atoms with Crippen molar-refractivity contribution in [2.24, 2.45) is 0 Å². The summed E-state index contributed by atoms with van der Waals surface area (Å²) in [6.07, 6.45) is 2.51. The van der Waals surface area contributed by atoms with Gasteiger partial charge in [-0.15, -0.1) is 0 Å². The summed E-state index contributed by atoms with van der Waals surface area (Å²) in [6.45, 7) is 8.25. The quantitative estimate of drug-likeness (QED) is 0.617. The molecule has 0 spiro atoms. The van der Waals surface area contributed by atoms with Gasteiger partial charge in [-0.05, 0) is 37.1 Å². The highest BCUT2D eigenvalue weighted by Gasteiger charge is 2.46. The maximum Gasteiger partial charge on any atom is 0.213 e. The van der Waals surface area contributed by atoms with Gasteiger partial charge in [-0.25, -0.2) is 0 Å². The minimum absolute atomic E-state index is 0.162. The summed E-state index contributed by atoms with van der Waals surface area (Å²) in [6, 6.07) is 11.3. The molecule has 0 aromatic heterocycles. The highest BCUT2D eigenvalue weighted by Crippen LogP contribution is 2.47. The molecule has 0 N–H and O–H groups in total. The fraction of sp³-hybridized carbons (Fsp3) is 0.389. The summed E-state index contributed by atoms with van der Waals surface area (Å²) in [5, 5.41) is 2.84. The molecule has 0 atom stereocenters. The first-order valence-corrected chi connectivity index (χ1v) is 7.27. The van der Waals surface area contributed by atoms with Crippen molar-refractivity contribution < 1.29 is 4.58 Å². The van der Waals surface area contributed by atoms with Crippen LogP contribution in [0.25, 0.3) is 10.8 Å². The molecule has 0 unspecified atom stereocenters. The van der Waals surface area contributed by atoms with Crippen LogP contribution in [0.1, 0.15) is 38.3 Å². The third-order valence-electron chi connectivity index (χ3n) is 5.13. The van der Waals surface area contributed by atoms with Crippen LogP contribution < -0.4 is 0 Å². The number of benzene rings is 2. The zero-order valence-corrected chi connectivity index (χ0v) is 12.0. The first-order chi connectivity index (χ1) is 9.10. The van der Waals surface area contributed by atoms with Crippen molar-refractivity contribution in [1.82, 2.24) is 0 Å². The monoisotopic (exact) mass is 250 g/mol. The van der Waals surface area contributed by atoms with Gasteiger partial charge in [0.1, 0.15) is 6.54 Å². The van der Waals surface area contributed by atoms with Gasteiger partial charge in [0.2, 0.25) is 5.69 Å². The lowest BCUT2D eigenvalue weighted by Gasteiger charge is -2.18. The minimum Gasteiger partial charge on any atom is -0.199 e. The SMILES string of the molecule is CC1=[N+]2CCCc3cc4ccccc4c(c32)C1(C)C. The maximum absolute atomic E-state index is 2.57. The summed E-state index contributed by atoms with van der Waals surface area (Å²) in [4.78, 5) is 0. The molecule has 1 nitrogen and oxygen atoms in total. The molecule has 0 fully saturated rings. The Labute approximate surface area is 114 Å². The molecule has 2 heterocycles. The van der Waals surface area contributed by atoms with E-state index in [9.17, 15) is 0 Å². The predicted molar refractivity (Wildman–Crippen MR) is 80.8 cm³/mol. The molecule has 2 aromatic rings. The zero-order valence-electron chi connectivity index (χ0n) is 12.0. The van der Waals surface area contributed by atoms with Gasteiger partial charge >= 0.3 is 0 Å². The molecule has 2 aliphatic rings. The number of aryl methyl sites for hydroxylation is 1. The van der Waals surface area contributed by atoms with E-state index in [1.807, 2.05) is 0 Å². The summed E-state index contributed by atoms with van der Waals surface area (Å²) < 4.78 is 2.57. The highest BCUT2D eigenvalue weighted by atomic mass is 15.1. The molecule has 0 amide bonds. The van der Waals surface area contributed by atoms with E-state index in [4.69, 9.17) is 0 Å². The van der Waals surface area contributed by atoms with Crippen molar-refractivity contribution in [2.45, 2.75) is 39.0 Å². The van der Waals surface area contributed by atoms with Crippen molar-refractivity contribution in [3.05, 3.63) is 41.5 Å². The van der Waals surface area contributed by atoms with E-state index in [0.29, 0.717) is 0 Å². The molecule has 0 radical (unpaired) electrons. The third-order valence-corrected chi connectivity index (χ3v) is 5.13. The van der Waals surface area contributed by atoms with Crippen LogP contribution in [0.4, 0.5) is 5.69 Å². The van der Waals surface area contributed by atoms with Gasteiger partial charge in [-0.2, -0.15) is 4.58 Å². The van der Waals surface area contributed by atoms with Crippen LogP contribution >= 0.6 is 0 Å². The topological polar surface area (TPSA) is 3.01 Å². The van der Waals surface area contributed by atoms with Crippen LogP contribution in [0.15, 0.2) is 30.3 Å². The van der Waals surface area contributed by atoms with Gasteiger partial charge in [0.15, 0.2) is 5.71 Å². The van der Waals surface area contributed by atoms with Crippen LogP contribution in [0.3, 0.4) is 0 Å². The lowest BCUT2D eigenvalue weighted by Crippen LogP contribution is -2.27. The fourth-order valence-electron chi connectivity index (χ4n) is 3.92. The van der Waals surface area contributed by atoms with Crippen molar-refractivity contribution in [1.29, 1.82) is 0 Å². The van der Waals surface area contributed by atoms with E-state index >= 15 is 0 Å². The van der Waals surface area contributed by atoms with Gasteiger partial charge in [0, 0.05) is 24.5 Å². The number of fused-ring (bicyclic) bond motifs is 2. The second kappa shape index (κ2) is 3.47. The van der Waals surface area contributed by atoms with Gasteiger partial charge < -0.3 is 0 Å². The van der Waals surface area contributed by atoms with Crippen LogP contribution in [0.5, 0.6) is 0 Å². The molecule has 0 bridgehead atoms. The first-order valence-electron chi connectivity index (χ1n) is 7.27. The van der Waals surface area contributed by atoms with E-state index < -0.39 is 0 Å². The average molecular weight is 250 g/mol. The molecule has 4 rings (SSSR count). The molecule has 1 heteroatoms. The highest BCUT2D eigenvalue weighted by molar-refractivity contribution is 6.02. The van der Waals surface area contributed by atoms with Crippen LogP contribution in [0.2, 0.25) is 0 Å². The van der Waals surface area contributed by atoms with E-state index in [1.54, 1.807) is 11.1 Å². The van der Waals surface area contributed by atoms with Crippen molar-refractivity contribution >= 4 is 22.2 Å². The number of nitrogens with zero attached hydrogens (tertiary/aromatic N) is 1. The number of rotatable bonds is 0. The lowest BCUT2D eigenvalue weighted by atomic mass is 9.78. The molecule has 0 saturated heterocycles. The molecular formula is C18H20N+. The Bertz CT molecular complexity index is 735. The van der Waals surface area contributed by atoms with Crippen LogP contribution in [-0.2, 0) is 11.8 Å². The largest absolute Gasteiger partial charge is 0.213 e. The van der Waals surface area contributed by atoms with Crippen LogP contribution in [-0.4, -0.2) is 16.8 Å². The third kappa shape index (κ3) is 1.28. The normalized spacial score (nSPS) is 19.9. The van der Waals surface area contributed by atoms with Crippen molar-refractivity contribution in [3.8, 4) is 0 Å². The van der Waals surface area contributed by atoms with E-state index in [0.717, 1.165) is 0 Å². The Balaban J connectivity index is 2.22. The molecule has 0 aliphatic carbocycles. The van der Waals surface area contributed by atoms with Crippen LogP contribution in [0, 0.1) is 0 Å². The summed E-state index contributed by atoms with van der Waals surface area (Å²) in [5.41, 5.74) is 6.30. The van der Waals surface area contributed by atoms with Crippen molar-refractivity contribution in [2.75, 3.05) is 6.54 Å². The second-order valence-electron chi connectivity index (χ2n) is 6.45. The molecule has 19 heavy (non-hydrogen) atoms. The summed E-state index contributed by atoms with van der Waals surface area (Å²) in [5.74, 6) is 0. The smallest absolute Gasteiger partial charge is 0.199 e. The van der Waals surface area contributed by atoms with Crippen molar-refractivity contribution in [3.63, 3.8) is 0 Å². The Hall–Kier alpha value is -1.63. The molecule has 2 aromatic carbocycles. The first kappa shape index (κ1) is 11.2. The number of hydrogen-bond acceptors (Lipinski definition) is 0. The second-order valence-corrected chi connectivity index (χ2v) is 6.45. The summed E-state index contributed by atoms with van der Waals surface area (Å²) in [7, 11) is 0. The Kier molecular flexibility index (Phi) is 2.05. The molecule has 96 valence electrons. The standard InChI is InChI=1S/C18H20N/c1-12-18(2,3)16-15-9-5-4-7-13(15)11-14-8-6-10-19(12)17(14)16/h4-5,7,9,11H,6,8,10H2,1-3H3/q+1. The average Bonchev–Trinajstić information content (AvgIpc) is 2.62. The van der Waals surface area contributed by atoms with Gasteiger partial charge in [0.25, 0.3) is 0 Å². The van der Waals surface area contributed by atoms with Gasteiger partial charge in [-0.1, -0.05) is 24.3 Å². The Morgan fingerprint density at radius 3 is 2.79 bits per heavy atom. The van der Waals surface area contributed by atoms with Gasteiger partial charge in [0.05, 0.1) is 5.41 Å². The maximum atomic E-state index is 2.57. The number of hydrogen-bond donors (Lipinski definition) is 0. The Morgan fingerprint density at radius 2 is 1.95 bits per heavy atom. The molecular weight excluding hydrogens is 230 g/mol.